The van der Waals surface area contributed by atoms with Crippen LogP contribution < -0.4 is 5.32 Å². The second-order valence-electron chi connectivity index (χ2n) is 7.29. The summed E-state index contributed by atoms with van der Waals surface area (Å²) in [7, 11) is 3.02. The number of pyridine rings is 1. The Morgan fingerprint density at radius 3 is 2.62 bits per heavy atom. The van der Waals surface area contributed by atoms with E-state index in [-0.39, 0.29) is 23.6 Å². The molecular weight excluding hydrogens is 454 g/mol. The fourth-order valence-corrected chi connectivity index (χ4v) is 6.03. The molecule has 0 bridgehead atoms. The maximum atomic E-state index is 12.4. The van der Waals surface area contributed by atoms with Crippen LogP contribution in [0.2, 0.25) is 0 Å². The highest BCUT2D eigenvalue weighted by Gasteiger charge is 2.35. The molecule has 1 fully saturated rings. The first-order valence-electron chi connectivity index (χ1n) is 10.5. The Balaban J connectivity index is 1.52. The standard InChI is InChI=1S/C21H23N3O6S2/c25-15-29-13-16-4-6-17(7-5-16)23-20(26)30-14-21(10-2-1-3-11-21)32-31-19-9-8-18(12-22-19)24(27)28/h4-9,12,15H,1-3,10-11,13-14H2,(H,23,26)/i15D. The average molecular weight is 479 g/mol. The van der Waals surface area contributed by atoms with Crippen molar-refractivity contribution in [3.8, 4) is 0 Å². The predicted octanol–water partition coefficient (Wildman–Crippen LogP) is 5.35. The van der Waals surface area contributed by atoms with Crippen LogP contribution in [0.25, 0.3) is 0 Å². The average Bonchev–Trinajstić information content (AvgIpc) is 2.82. The van der Waals surface area contributed by atoms with E-state index in [1.807, 2.05) is 0 Å². The molecular formula is C21H23N3O6S2. The summed E-state index contributed by atoms with van der Waals surface area (Å²) >= 11 is 0. The molecule has 170 valence electrons. The molecule has 0 saturated heterocycles. The van der Waals surface area contributed by atoms with Gasteiger partial charge in [0.05, 0.1) is 9.67 Å². The Morgan fingerprint density at radius 2 is 2.00 bits per heavy atom. The quantitative estimate of drug-likeness (QED) is 0.220. The van der Waals surface area contributed by atoms with Gasteiger partial charge in [-0.15, -0.1) is 0 Å². The fourth-order valence-electron chi connectivity index (χ4n) is 3.26. The molecule has 1 amide bonds. The number of carbonyl (C=O) groups excluding carboxylic acids is 2. The van der Waals surface area contributed by atoms with Gasteiger partial charge in [-0.25, -0.2) is 9.78 Å². The van der Waals surface area contributed by atoms with E-state index in [1.54, 1.807) is 41.1 Å². The summed E-state index contributed by atoms with van der Waals surface area (Å²) in [5.74, 6) is 0. The number of nitrogens with one attached hydrogen (secondary N) is 1. The minimum absolute atomic E-state index is 0.00587. The van der Waals surface area contributed by atoms with E-state index in [0.717, 1.165) is 32.1 Å². The van der Waals surface area contributed by atoms with E-state index in [2.05, 4.69) is 15.0 Å². The lowest BCUT2D eigenvalue weighted by Gasteiger charge is -2.35. The van der Waals surface area contributed by atoms with Crippen LogP contribution in [-0.4, -0.2) is 33.8 Å². The van der Waals surface area contributed by atoms with Crippen molar-refractivity contribution in [2.75, 3.05) is 11.9 Å². The van der Waals surface area contributed by atoms with E-state index >= 15 is 0 Å². The summed E-state index contributed by atoms with van der Waals surface area (Å²) in [6.07, 6.45) is 4.58. The van der Waals surface area contributed by atoms with Crippen LogP contribution in [0.4, 0.5) is 16.2 Å². The van der Waals surface area contributed by atoms with Crippen LogP contribution in [0.1, 0.15) is 39.0 Å². The first kappa shape index (κ1) is 22.4. The second kappa shape index (κ2) is 11.7. The molecule has 32 heavy (non-hydrogen) atoms. The number of rotatable bonds is 9. The third-order valence-corrected chi connectivity index (χ3v) is 8.16. The Bertz CT molecular complexity index is 969. The summed E-state index contributed by atoms with van der Waals surface area (Å²) in [6.45, 7) is 0.231. The van der Waals surface area contributed by atoms with E-state index in [0.29, 0.717) is 16.3 Å². The molecule has 1 aromatic heterocycles. The Hall–Kier alpha value is -2.79. The molecule has 1 aromatic carbocycles. The summed E-state index contributed by atoms with van der Waals surface area (Å²) in [5.41, 5.74) is 1.18. The molecule has 1 aliphatic carbocycles. The lowest BCUT2D eigenvalue weighted by molar-refractivity contribution is -0.385. The zero-order valence-electron chi connectivity index (χ0n) is 18.2. The van der Waals surface area contributed by atoms with Gasteiger partial charge in [-0.2, -0.15) is 0 Å². The highest BCUT2D eigenvalue weighted by molar-refractivity contribution is 8.77. The second-order valence-corrected chi connectivity index (χ2v) is 9.91. The number of aromatic nitrogens is 1. The highest BCUT2D eigenvalue weighted by Crippen LogP contribution is 2.48. The Kier molecular flexibility index (Phi) is 8.21. The lowest BCUT2D eigenvalue weighted by Crippen LogP contribution is -2.34. The van der Waals surface area contributed by atoms with Gasteiger partial charge < -0.3 is 9.47 Å². The van der Waals surface area contributed by atoms with Crippen LogP contribution in [0.5, 0.6) is 0 Å². The zero-order chi connectivity index (χ0) is 23.7. The van der Waals surface area contributed by atoms with Crippen LogP contribution >= 0.6 is 21.6 Å². The lowest BCUT2D eigenvalue weighted by atomic mass is 9.89. The molecule has 1 saturated carbocycles. The summed E-state index contributed by atoms with van der Waals surface area (Å²) in [4.78, 5) is 37.4. The molecule has 0 radical (unpaired) electrons. The van der Waals surface area contributed by atoms with Crippen molar-refractivity contribution in [2.24, 2.45) is 0 Å². The molecule has 1 aliphatic rings. The van der Waals surface area contributed by atoms with Gasteiger partial charge in [0.2, 0.25) is 0 Å². The van der Waals surface area contributed by atoms with Gasteiger partial charge in [0, 0.05) is 11.8 Å². The molecule has 0 aliphatic heterocycles. The van der Waals surface area contributed by atoms with Gasteiger partial charge >= 0.3 is 6.09 Å². The van der Waals surface area contributed by atoms with Crippen LogP contribution in [0.3, 0.4) is 0 Å². The smallest absolute Gasteiger partial charge is 0.411 e. The largest absolute Gasteiger partial charge is 0.463 e. The van der Waals surface area contributed by atoms with Crippen molar-refractivity contribution >= 4 is 45.5 Å². The number of nitrogens with zero attached hydrogens (tertiary/aromatic N) is 2. The monoisotopic (exact) mass is 478 g/mol. The number of carbonyl (C=O) groups is 2. The van der Waals surface area contributed by atoms with Crippen LogP contribution in [0.15, 0.2) is 47.6 Å². The summed E-state index contributed by atoms with van der Waals surface area (Å²) in [5, 5.41) is 14.1. The first-order chi connectivity index (χ1) is 15.8. The molecule has 1 heterocycles. The Morgan fingerprint density at radius 1 is 1.25 bits per heavy atom. The third-order valence-electron chi connectivity index (χ3n) is 4.96. The molecule has 2 aromatic rings. The van der Waals surface area contributed by atoms with Gasteiger partial charge in [0.15, 0.2) is 1.37 Å². The molecule has 0 unspecified atom stereocenters. The van der Waals surface area contributed by atoms with E-state index in [1.165, 1.54) is 23.1 Å². The topological polar surface area (TPSA) is 121 Å². The number of hydrogen-bond donors (Lipinski definition) is 1. The van der Waals surface area contributed by atoms with Gasteiger partial charge in [-0.05, 0) is 47.4 Å². The molecule has 11 heteroatoms. The third kappa shape index (κ3) is 7.13. The SMILES string of the molecule is [2H]C(=O)OCc1ccc(NC(=O)OCC2(SSc3ccc([N+](=O)[O-])cn3)CCCCC2)cc1. The van der Waals surface area contributed by atoms with E-state index in [4.69, 9.17) is 6.11 Å². The maximum Gasteiger partial charge on any atom is 0.411 e. The van der Waals surface area contributed by atoms with Crippen LogP contribution in [-0.2, 0) is 20.9 Å². The van der Waals surface area contributed by atoms with Gasteiger partial charge in [0.1, 0.15) is 24.4 Å². The van der Waals surface area contributed by atoms with Crippen molar-refractivity contribution in [1.82, 2.24) is 4.98 Å². The number of anilines is 1. The molecule has 3 rings (SSSR count). The van der Waals surface area contributed by atoms with E-state index in [9.17, 15) is 19.7 Å². The highest BCUT2D eigenvalue weighted by atomic mass is 33.1. The minimum Gasteiger partial charge on any atom is -0.463 e. The van der Waals surface area contributed by atoms with Crippen LogP contribution in [0, 0.1) is 10.1 Å². The number of ether oxygens (including phenoxy) is 2. The summed E-state index contributed by atoms with van der Waals surface area (Å²) in [6, 6.07) is 9.74. The van der Waals surface area contributed by atoms with Crippen molar-refractivity contribution in [2.45, 2.75) is 48.5 Å². The maximum absolute atomic E-state index is 12.4. The number of nitro groups is 1. The fraction of sp³-hybridized carbons (Fsp3) is 0.381. The van der Waals surface area contributed by atoms with Gasteiger partial charge in [-0.1, -0.05) is 42.2 Å². The summed E-state index contributed by atoms with van der Waals surface area (Å²) < 4.78 is 16.7. The van der Waals surface area contributed by atoms with Gasteiger partial charge in [0.25, 0.3) is 12.1 Å². The number of hydrogen-bond acceptors (Lipinski definition) is 9. The minimum atomic E-state index is -1.10. The molecule has 1 N–H and O–H groups in total. The first-order valence-corrected chi connectivity index (χ1v) is 12.1. The van der Waals surface area contributed by atoms with Crippen molar-refractivity contribution < 1.29 is 25.4 Å². The van der Waals surface area contributed by atoms with E-state index < -0.39 is 17.5 Å². The number of amides is 1. The van der Waals surface area contributed by atoms with Crippen molar-refractivity contribution in [1.29, 1.82) is 0 Å². The predicted molar refractivity (Wildman–Crippen MR) is 122 cm³/mol. The molecule has 9 nitrogen and oxygen atoms in total. The van der Waals surface area contributed by atoms with Gasteiger partial charge in [-0.3, -0.25) is 20.2 Å². The zero-order valence-corrected chi connectivity index (χ0v) is 18.8. The normalized spacial score (nSPS) is 15.3. The molecule has 0 spiro atoms. The Labute approximate surface area is 194 Å². The number of benzene rings is 1. The van der Waals surface area contributed by atoms with Crippen molar-refractivity contribution in [3.63, 3.8) is 0 Å². The van der Waals surface area contributed by atoms with Crippen molar-refractivity contribution in [3.05, 3.63) is 58.3 Å². The molecule has 0 atom stereocenters.